The van der Waals surface area contributed by atoms with Crippen molar-refractivity contribution in [1.29, 1.82) is 0 Å². The lowest BCUT2D eigenvalue weighted by Gasteiger charge is -2.25. The molecule has 1 aromatic heterocycles. The van der Waals surface area contributed by atoms with Crippen molar-refractivity contribution in [3.8, 4) is 0 Å². The van der Waals surface area contributed by atoms with Gasteiger partial charge in [0.25, 0.3) is 0 Å². The predicted molar refractivity (Wildman–Crippen MR) is 68.0 cm³/mol. The number of hydrogen-bond donors (Lipinski definition) is 1. The predicted octanol–water partition coefficient (Wildman–Crippen LogP) is 1.95. The van der Waals surface area contributed by atoms with Crippen molar-refractivity contribution >= 4 is 0 Å². The van der Waals surface area contributed by atoms with Crippen molar-refractivity contribution in [3.63, 3.8) is 0 Å². The number of aromatic nitrogens is 2. The molecular formula is C14H21N3. The van der Waals surface area contributed by atoms with Gasteiger partial charge in [0.1, 0.15) is 5.82 Å². The maximum Gasteiger partial charge on any atom is 0.125 e. The smallest absolute Gasteiger partial charge is 0.125 e. The van der Waals surface area contributed by atoms with Crippen LogP contribution in [0.4, 0.5) is 0 Å². The van der Waals surface area contributed by atoms with Gasteiger partial charge in [0.2, 0.25) is 0 Å². The zero-order chi connectivity index (χ0) is 11.8. The van der Waals surface area contributed by atoms with Crippen LogP contribution in [0.15, 0.2) is 0 Å². The van der Waals surface area contributed by atoms with Gasteiger partial charge in [-0.2, -0.15) is 0 Å². The second-order valence-corrected chi connectivity index (χ2v) is 5.57. The average Bonchev–Trinajstić information content (AvgIpc) is 3.10. The second-order valence-electron chi connectivity index (χ2n) is 5.57. The maximum atomic E-state index is 4.59. The molecule has 1 heterocycles. The third-order valence-electron chi connectivity index (χ3n) is 3.97. The monoisotopic (exact) mass is 231 g/mol. The standard InChI is InChI=1S/C14H21N3/c1-9-13-7-11(8-15-12-4-5-12)3-6-14(13)17-10(2)16-9/h11-12,15H,3-8H2,1-2H3. The Labute approximate surface area is 103 Å². The van der Waals surface area contributed by atoms with E-state index in [-0.39, 0.29) is 0 Å². The Morgan fingerprint density at radius 3 is 2.76 bits per heavy atom. The molecular weight excluding hydrogens is 210 g/mol. The highest BCUT2D eigenvalue weighted by Crippen LogP contribution is 2.27. The molecule has 1 aromatic rings. The van der Waals surface area contributed by atoms with Gasteiger partial charge in [-0.3, -0.25) is 0 Å². The minimum Gasteiger partial charge on any atom is -0.314 e. The summed E-state index contributed by atoms with van der Waals surface area (Å²) >= 11 is 0. The highest BCUT2D eigenvalue weighted by molar-refractivity contribution is 5.28. The fourth-order valence-electron chi connectivity index (χ4n) is 2.81. The average molecular weight is 231 g/mol. The first kappa shape index (κ1) is 11.1. The van der Waals surface area contributed by atoms with Gasteiger partial charge in [0.15, 0.2) is 0 Å². The summed E-state index contributed by atoms with van der Waals surface area (Å²) in [5, 5.41) is 3.65. The number of nitrogens with one attached hydrogen (secondary N) is 1. The zero-order valence-corrected chi connectivity index (χ0v) is 10.8. The third kappa shape index (κ3) is 2.49. The van der Waals surface area contributed by atoms with Crippen LogP contribution in [0.25, 0.3) is 0 Å². The molecule has 1 unspecified atom stereocenters. The van der Waals surface area contributed by atoms with Crippen molar-refractivity contribution in [1.82, 2.24) is 15.3 Å². The van der Waals surface area contributed by atoms with Crippen LogP contribution < -0.4 is 5.32 Å². The quantitative estimate of drug-likeness (QED) is 0.864. The van der Waals surface area contributed by atoms with Crippen LogP contribution in [0.5, 0.6) is 0 Å². The molecule has 3 rings (SSSR count). The SMILES string of the molecule is Cc1nc(C)c2c(n1)CCC(CNC1CC1)C2. The summed E-state index contributed by atoms with van der Waals surface area (Å²) in [4.78, 5) is 9.08. The molecule has 2 aliphatic carbocycles. The fraction of sp³-hybridized carbons (Fsp3) is 0.714. The maximum absolute atomic E-state index is 4.59. The Morgan fingerprint density at radius 2 is 2.00 bits per heavy atom. The Hall–Kier alpha value is -0.960. The van der Waals surface area contributed by atoms with Crippen molar-refractivity contribution in [3.05, 3.63) is 22.8 Å². The van der Waals surface area contributed by atoms with Crippen molar-refractivity contribution in [2.45, 2.75) is 52.0 Å². The van der Waals surface area contributed by atoms with Gasteiger partial charge >= 0.3 is 0 Å². The summed E-state index contributed by atoms with van der Waals surface area (Å²) in [6.07, 6.45) is 6.34. The van der Waals surface area contributed by atoms with Gasteiger partial charge in [-0.25, -0.2) is 9.97 Å². The molecule has 1 atom stereocenters. The highest BCUT2D eigenvalue weighted by Gasteiger charge is 2.25. The van der Waals surface area contributed by atoms with Crippen LogP contribution in [0.2, 0.25) is 0 Å². The van der Waals surface area contributed by atoms with Crippen LogP contribution in [-0.4, -0.2) is 22.6 Å². The number of fused-ring (bicyclic) bond motifs is 1. The molecule has 0 amide bonds. The van der Waals surface area contributed by atoms with E-state index in [4.69, 9.17) is 0 Å². The summed E-state index contributed by atoms with van der Waals surface area (Å²) in [5.74, 6) is 1.71. The summed E-state index contributed by atoms with van der Waals surface area (Å²) in [5.41, 5.74) is 3.92. The Kier molecular flexibility index (Phi) is 2.87. The molecule has 0 saturated heterocycles. The first-order chi connectivity index (χ1) is 8.22. The van der Waals surface area contributed by atoms with Gasteiger partial charge in [0, 0.05) is 17.4 Å². The number of hydrogen-bond acceptors (Lipinski definition) is 3. The topological polar surface area (TPSA) is 37.8 Å². The molecule has 0 aliphatic heterocycles. The van der Waals surface area contributed by atoms with E-state index < -0.39 is 0 Å². The Balaban J connectivity index is 1.70. The number of aryl methyl sites for hydroxylation is 3. The van der Waals surface area contributed by atoms with E-state index in [0.29, 0.717) is 0 Å². The van der Waals surface area contributed by atoms with Gasteiger partial charge < -0.3 is 5.32 Å². The molecule has 2 aliphatic rings. The molecule has 92 valence electrons. The Bertz CT molecular complexity index is 424. The van der Waals surface area contributed by atoms with Crippen molar-refractivity contribution in [2.24, 2.45) is 5.92 Å². The molecule has 1 fully saturated rings. The molecule has 1 N–H and O–H groups in total. The summed E-state index contributed by atoms with van der Waals surface area (Å²) < 4.78 is 0. The van der Waals surface area contributed by atoms with E-state index in [9.17, 15) is 0 Å². The number of rotatable bonds is 3. The molecule has 0 spiro atoms. The van der Waals surface area contributed by atoms with Crippen molar-refractivity contribution in [2.75, 3.05) is 6.54 Å². The Morgan fingerprint density at radius 1 is 1.18 bits per heavy atom. The van der Waals surface area contributed by atoms with Gasteiger partial charge in [-0.15, -0.1) is 0 Å². The molecule has 0 bridgehead atoms. The largest absolute Gasteiger partial charge is 0.314 e. The third-order valence-corrected chi connectivity index (χ3v) is 3.97. The lowest BCUT2D eigenvalue weighted by atomic mass is 9.85. The number of nitrogens with zero attached hydrogens (tertiary/aromatic N) is 2. The molecule has 17 heavy (non-hydrogen) atoms. The molecule has 3 nitrogen and oxygen atoms in total. The summed E-state index contributed by atoms with van der Waals surface area (Å²) in [6, 6.07) is 0.826. The van der Waals surface area contributed by atoms with E-state index in [1.165, 1.54) is 49.2 Å². The van der Waals surface area contributed by atoms with Crippen LogP contribution in [0, 0.1) is 19.8 Å². The first-order valence-corrected chi connectivity index (χ1v) is 6.79. The van der Waals surface area contributed by atoms with Gasteiger partial charge in [-0.1, -0.05) is 0 Å². The van der Waals surface area contributed by atoms with Gasteiger partial charge in [-0.05, 0) is 64.0 Å². The lowest BCUT2D eigenvalue weighted by Crippen LogP contribution is -2.29. The normalized spacial score (nSPS) is 23.5. The van der Waals surface area contributed by atoms with E-state index in [1.54, 1.807) is 0 Å². The van der Waals surface area contributed by atoms with Crippen LogP contribution >= 0.6 is 0 Å². The van der Waals surface area contributed by atoms with Crippen LogP contribution in [-0.2, 0) is 12.8 Å². The fourth-order valence-corrected chi connectivity index (χ4v) is 2.81. The molecule has 0 aromatic carbocycles. The van der Waals surface area contributed by atoms with Crippen LogP contribution in [0.3, 0.4) is 0 Å². The molecule has 3 heteroatoms. The van der Waals surface area contributed by atoms with E-state index >= 15 is 0 Å². The first-order valence-electron chi connectivity index (χ1n) is 6.79. The summed E-state index contributed by atoms with van der Waals surface area (Å²) in [7, 11) is 0. The lowest BCUT2D eigenvalue weighted by molar-refractivity contribution is 0.416. The summed E-state index contributed by atoms with van der Waals surface area (Å²) in [6.45, 7) is 5.30. The zero-order valence-electron chi connectivity index (χ0n) is 10.8. The minimum absolute atomic E-state index is 0.785. The molecule has 0 radical (unpaired) electrons. The highest BCUT2D eigenvalue weighted by atomic mass is 14.9. The van der Waals surface area contributed by atoms with E-state index in [2.05, 4.69) is 22.2 Å². The van der Waals surface area contributed by atoms with Gasteiger partial charge in [0.05, 0.1) is 0 Å². The van der Waals surface area contributed by atoms with Crippen molar-refractivity contribution < 1.29 is 0 Å². The second kappa shape index (κ2) is 4.37. The molecule has 1 saturated carbocycles. The van der Waals surface area contributed by atoms with E-state index in [1.807, 2.05) is 6.92 Å². The van der Waals surface area contributed by atoms with E-state index in [0.717, 1.165) is 24.2 Å². The minimum atomic E-state index is 0.785. The van der Waals surface area contributed by atoms with Crippen LogP contribution in [0.1, 0.15) is 42.0 Å².